The summed E-state index contributed by atoms with van der Waals surface area (Å²) in [4.78, 5) is 27.8. The van der Waals surface area contributed by atoms with Crippen molar-refractivity contribution in [2.75, 3.05) is 6.50 Å². The van der Waals surface area contributed by atoms with Crippen molar-refractivity contribution in [3.63, 3.8) is 0 Å². The van der Waals surface area contributed by atoms with Gasteiger partial charge in [0.05, 0.1) is 18.4 Å². The van der Waals surface area contributed by atoms with Crippen LogP contribution in [0.5, 0.6) is 0 Å². The van der Waals surface area contributed by atoms with Gasteiger partial charge in [0.25, 0.3) is 0 Å². The predicted octanol–water partition coefficient (Wildman–Crippen LogP) is 0.921. The van der Waals surface area contributed by atoms with Crippen molar-refractivity contribution in [2.24, 2.45) is 0 Å². The summed E-state index contributed by atoms with van der Waals surface area (Å²) < 4.78 is 25.2. The molecule has 0 atom stereocenters. The molecule has 1 aliphatic heterocycles. The molecule has 0 saturated carbocycles. The monoisotopic (exact) mass is 344 g/mol. The van der Waals surface area contributed by atoms with E-state index in [-0.39, 0.29) is 15.2 Å². The van der Waals surface area contributed by atoms with E-state index in [0.29, 0.717) is 26.0 Å². The molecule has 0 saturated heterocycles. The number of pyridine rings is 1. The molecule has 24 heavy (non-hydrogen) atoms. The average Bonchev–Trinajstić information content (AvgIpc) is 2.93. The molecule has 0 radical (unpaired) electrons. The van der Waals surface area contributed by atoms with Crippen LogP contribution in [0.1, 0.15) is 2.74 Å². The van der Waals surface area contributed by atoms with Crippen LogP contribution in [0.2, 0.25) is 1.41 Å². The van der Waals surface area contributed by atoms with E-state index in [1.165, 1.54) is 0 Å². The summed E-state index contributed by atoms with van der Waals surface area (Å²) in [5, 5.41) is 20.6. The third kappa shape index (κ3) is 2.12. The number of rotatable bonds is 1. The first-order valence-electron chi connectivity index (χ1n) is 8.25. The van der Waals surface area contributed by atoms with Gasteiger partial charge in [0.1, 0.15) is 1.41 Å². The minimum atomic E-state index is -2.90. The number of nitrogens with one attached hydrogen (secondary N) is 1. The Morgan fingerprint density at radius 1 is 1.38 bits per heavy atom. The summed E-state index contributed by atoms with van der Waals surface area (Å²) >= 11 is 1.12. The van der Waals surface area contributed by atoms with Crippen LogP contribution in [0.4, 0.5) is 4.79 Å². The zero-order valence-corrected chi connectivity index (χ0v) is 12.7. The zero-order valence-electron chi connectivity index (χ0n) is 14.9. The first-order chi connectivity index (χ1) is 12.7. The number of hydrazine groups is 1. The quantitative estimate of drug-likeness (QED) is 0.607. The van der Waals surface area contributed by atoms with Crippen LogP contribution in [-0.4, -0.2) is 38.8 Å². The summed E-state index contributed by atoms with van der Waals surface area (Å²) in [5.74, 6) is -1.57. The molecule has 3 N–H and O–H groups in total. The number of carbonyl (C=O) groups is 2. The Hall–Kier alpha value is -2.97. The van der Waals surface area contributed by atoms with Gasteiger partial charge in [-0.3, -0.25) is 4.98 Å². The van der Waals surface area contributed by atoms with Crippen LogP contribution in [0, 0.1) is 0 Å². The van der Waals surface area contributed by atoms with Crippen LogP contribution in [0.15, 0.2) is 30.5 Å². The predicted molar refractivity (Wildman–Crippen MR) is 89.8 cm³/mol. The second-order valence-corrected chi connectivity index (χ2v) is 6.08. The molecule has 1 amide bonds. The van der Waals surface area contributed by atoms with Gasteiger partial charge in [-0.2, -0.15) is 0 Å². The highest BCUT2D eigenvalue weighted by molar-refractivity contribution is 7.17. The van der Waals surface area contributed by atoms with Gasteiger partial charge in [-0.15, -0.1) is 11.3 Å². The van der Waals surface area contributed by atoms with E-state index in [1.54, 1.807) is 30.5 Å². The van der Waals surface area contributed by atoms with Crippen LogP contribution in [0.3, 0.4) is 0 Å². The lowest BCUT2D eigenvalue weighted by Gasteiger charge is -2.13. The second kappa shape index (κ2) is 5.29. The smallest absolute Gasteiger partial charge is 0.426 e. The number of carboxylic acids is 1. The summed E-state index contributed by atoms with van der Waals surface area (Å²) in [5.41, 5.74) is -0.0890. The maximum absolute atomic E-state index is 12.0. The average molecular weight is 344 g/mol. The van der Waals surface area contributed by atoms with Crippen molar-refractivity contribution >= 4 is 56.2 Å². The van der Waals surface area contributed by atoms with Crippen molar-refractivity contribution < 1.29 is 24.0 Å². The minimum Gasteiger partial charge on any atom is -0.478 e. The number of fused-ring (bicyclic) bond motifs is 5. The number of thiophene rings is 1. The lowest BCUT2D eigenvalue weighted by molar-refractivity contribution is -0.130. The fourth-order valence-corrected chi connectivity index (χ4v) is 3.81. The molecule has 0 unspecified atom stereocenters. The second-order valence-electron chi connectivity index (χ2n) is 5.00. The van der Waals surface area contributed by atoms with Crippen LogP contribution in [0.25, 0.3) is 32.8 Å². The summed E-state index contributed by atoms with van der Waals surface area (Å²) in [6, 6.07) is 6.91. The molecule has 1 aliphatic rings. The number of nitrogens with zero attached hydrogens (tertiary/aromatic N) is 2. The Kier molecular flexibility index (Phi) is 2.55. The van der Waals surface area contributed by atoms with Gasteiger partial charge in [0, 0.05) is 39.6 Å². The number of amides is 1. The van der Waals surface area contributed by atoms with E-state index in [9.17, 15) is 19.8 Å². The molecule has 1 aromatic carbocycles. The maximum atomic E-state index is 12.0. The van der Waals surface area contributed by atoms with E-state index in [2.05, 4.69) is 4.98 Å². The highest BCUT2D eigenvalue weighted by atomic mass is 32.1. The summed E-state index contributed by atoms with van der Waals surface area (Å²) in [7, 11) is 0. The normalized spacial score (nSPS) is 19.1. The van der Waals surface area contributed by atoms with Crippen LogP contribution in [-0.2, 0) is 4.79 Å². The number of hydrogen-bond donors (Lipinski definition) is 3. The molecule has 120 valence electrons. The topological polar surface area (TPSA) is 103 Å². The lowest BCUT2D eigenvalue weighted by Crippen LogP contribution is -2.38. The molecule has 0 aliphatic carbocycles. The standard InChI is InChI=1S/C16H11N3O4S/c20-15(21)9-6-18-19(16(22)23)7-12-14(9)13-8-2-1-5-17-10(8)3-4-11(13)24-12/h1-5,7,18H,6H2,(H,20,21)(H,22,23)/i6D2/hD. The largest absolute Gasteiger partial charge is 0.478 e. The molecule has 4 rings (SSSR count). The number of benzene rings is 1. The molecule has 0 fully saturated rings. The van der Waals surface area contributed by atoms with E-state index in [4.69, 9.17) is 4.15 Å². The van der Waals surface area contributed by atoms with Crippen molar-refractivity contribution in [1.82, 2.24) is 15.4 Å². The van der Waals surface area contributed by atoms with Gasteiger partial charge >= 0.3 is 12.1 Å². The van der Waals surface area contributed by atoms with Crippen molar-refractivity contribution in [1.29, 1.82) is 0 Å². The molecular formula is C16H11N3O4S. The number of carboxylic acid groups (broad SMARTS) is 2. The SMILES string of the molecule is [2H]N1N(C(=O)O)C=c2sc3ccc4ncccc4c3c2=C(C(=O)O)C1([2H])[2H]. The van der Waals surface area contributed by atoms with Crippen molar-refractivity contribution in [3.05, 3.63) is 40.2 Å². The van der Waals surface area contributed by atoms with Gasteiger partial charge in [-0.1, -0.05) is 6.07 Å². The first-order valence-corrected chi connectivity index (χ1v) is 7.62. The molecule has 7 nitrogen and oxygen atoms in total. The van der Waals surface area contributed by atoms with E-state index < -0.39 is 24.1 Å². The van der Waals surface area contributed by atoms with E-state index in [0.717, 1.165) is 17.5 Å². The Morgan fingerprint density at radius 2 is 2.21 bits per heavy atom. The van der Waals surface area contributed by atoms with E-state index in [1.807, 2.05) is 0 Å². The third-order valence-electron chi connectivity index (χ3n) is 3.63. The van der Waals surface area contributed by atoms with E-state index >= 15 is 0 Å². The minimum absolute atomic E-state index is 0.0146. The lowest BCUT2D eigenvalue weighted by atomic mass is 10.1. The molecule has 8 heteroatoms. The van der Waals surface area contributed by atoms with Gasteiger partial charge in [-0.25, -0.2) is 20.0 Å². The van der Waals surface area contributed by atoms with Gasteiger partial charge in [0.2, 0.25) is 0 Å². The first kappa shape index (κ1) is 11.5. The number of aromatic nitrogens is 1. The third-order valence-corrected chi connectivity index (χ3v) is 4.72. The zero-order chi connectivity index (χ0) is 19.5. The highest BCUT2D eigenvalue weighted by Crippen LogP contribution is 2.24. The molecule has 0 spiro atoms. The number of hydrogen-bond acceptors (Lipinski definition) is 5. The molecule has 3 aromatic rings. The van der Waals surface area contributed by atoms with Gasteiger partial charge < -0.3 is 10.2 Å². The van der Waals surface area contributed by atoms with Crippen molar-refractivity contribution in [3.8, 4) is 0 Å². The molecule has 0 bridgehead atoms. The molecular weight excluding hydrogens is 330 g/mol. The summed E-state index contributed by atoms with van der Waals surface area (Å²) in [6.07, 6.45) is 1.05. The Labute approximate surface area is 143 Å². The van der Waals surface area contributed by atoms with Crippen LogP contribution >= 0.6 is 11.3 Å². The fraction of sp³-hybridized carbons (Fsp3) is 0.0625. The number of aliphatic carboxylic acids is 1. The Morgan fingerprint density at radius 3 is 2.96 bits per heavy atom. The summed E-state index contributed by atoms with van der Waals surface area (Å²) in [6.45, 7) is -2.90. The molecule has 3 heterocycles. The Bertz CT molecular complexity index is 1260. The van der Waals surface area contributed by atoms with Gasteiger partial charge in [0.15, 0.2) is 0 Å². The maximum Gasteiger partial charge on any atom is 0.426 e. The fourth-order valence-electron chi connectivity index (χ4n) is 2.66. The van der Waals surface area contributed by atoms with Crippen molar-refractivity contribution in [2.45, 2.75) is 0 Å². The highest BCUT2D eigenvalue weighted by Gasteiger charge is 2.21. The molecule has 2 aromatic heterocycles. The Balaban J connectivity index is 2.34. The van der Waals surface area contributed by atoms with Crippen LogP contribution < -0.4 is 15.2 Å². The van der Waals surface area contributed by atoms with Gasteiger partial charge in [-0.05, 0) is 18.2 Å².